The lowest BCUT2D eigenvalue weighted by atomic mass is 10.1. The molecule has 0 aliphatic heterocycles. The third kappa shape index (κ3) is 3.00. The SMILES string of the molecule is Cc1cc(S(=O)(=O)N(C)CC2CC2C)cc(CCl)c1F. The van der Waals surface area contributed by atoms with Gasteiger partial charge in [-0.2, -0.15) is 0 Å². The molecule has 0 aromatic heterocycles. The summed E-state index contributed by atoms with van der Waals surface area (Å²) in [5.74, 6) is 0.543. The summed E-state index contributed by atoms with van der Waals surface area (Å²) < 4.78 is 40.1. The molecule has 1 saturated carbocycles. The number of aryl methyl sites for hydroxylation is 1. The Labute approximate surface area is 124 Å². The second-order valence-corrected chi connectivity index (χ2v) is 7.92. The number of alkyl halides is 1. The summed E-state index contributed by atoms with van der Waals surface area (Å²) >= 11 is 5.67. The average Bonchev–Trinajstić information content (AvgIpc) is 3.07. The normalized spacial score (nSPS) is 22.3. The zero-order chi connectivity index (χ0) is 15.1. The van der Waals surface area contributed by atoms with Gasteiger partial charge < -0.3 is 0 Å². The molecule has 0 N–H and O–H groups in total. The standard InChI is InChI=1S/C14H19ClFNO2S/c1-9-4-12(9)8-17(3)20(18,19)13-5-10(2)14(16)11(6-13)7-15/h5-6,9,12H,4,7-8H2,1-3H3. The Balaban J connectivity index is 2.31. The fraction of sp³-hybridized carbons (Fsp3) is 0.571. The zero-order valence-electron chi connectivity index (χ0n) is 11.9. The number of nitrogens with zero attached hydrogens (tertiary/aromatic N) is 1. The van der Waals surface area contributed by atoms with Crippen molar-refractivity contribution in [2.45, 2.75) is 31.0 Å². The Morgan fingerprint density at radius 3 is 2.55 bits per heavy atom. The lowest BCUT2D eigenvalue weighted by Gasteiger charge is -2.18. The van der Waals surface area contributed by atoms with Gasteiger partial charge in [0.15, 0.2) is 0 Å². The number of benzene rings is 1. The molecule has 1 fully saturated rings. The van der Waals surface area contributed by atoms with E-state index in [4.69, 9.17) is 11.6 Å². The van der Waals surface area contributed by atoms with Gasteiger partial charge in [-0.1, -0.05) is 6.92 Å². The number of hydrogen-bond donors (Lipinski definition) is 0. The minimum Gasteiger partial charge on any atom is -0.207 e. The van der Waals surface area contributed by atoms with E-state index in [0.717, 1.165) is 6.42 Å². The van der Waals surface area contributed by atoms with Crippen molar-refractivity contribution in [2.24, 2.45) is 11.8 Å². The molecule has 3 nitrogen and oxygen atoms in total. The summed E-state index contributed by atoms with van der Waals surface area (Å²) in [5.41, 5.74) is 0.522. The van der Waals surface area contributed by atoms with E-state index in [1.807, 2.05) is 0 Å². The van der Waals surface area contributed by atoms with Crippen molar-refractivity contribution in [3.05, 3.63) is 29.1 Å². The monoisotopic (exact) mass is 319 g/mol. The highest BCUT2D eigenvalue weighted by atomic mass is 35.5. The van der Waals surface area contributed by atoms with Gasteiger partial charge in [-0.05, 0) is 42.9 Å². The minimum atomic E-state index is -3.58. The molecular weight excluding hydrogens is 301 g/mol. The molecule has 2 atom stereocenters. The fourth-order valence-electron chi connectivity index (χ4n) is 2.31. The van der Waals surface area contributed by atoms with Crippen LogP contribution in [0.15, 0.2) is 17.0 Å². The van der Waals surface area contributed by atoms with E-state index in [-0.39, 0.29) is 16.3 Å². The van der Waals surface area contributed by atoms with Crippen LogP contribution in [-0.4, -0.2) is 26.3 Å². The van der Waals surface area contributed by atoms with Crippen molar-refractivity contribution in [3.8, 4) is 0 Å². The van der Waals surface area contributed by atoms with Crippen molar-refractivity contribution in [1.82, 2.24) is 4.31 Å². The predicted molar refractivity (Wildman–Crippen MR) is 77.8 cm³/mol. The maximum Gasteiger partial charge on any atom is 0.242 e. The molecule has 0 bridgehead atoms. The van der Waals surface area contributed by atoms with Crippen LogP contribution < -0.4 is 0 Å². The Hall–Kier alpha value is -0.650. The third-order valence-electron chi connectivity index (χ3n) is 3.92. The molecular formula is C14H19ClFNO2S. The molecule has 20 heavy (non-hydrogen) atoms. The van der Waals surface area contributed by atoms with Gasteiger partial charge in [0.2, 0.25) is 10.0 Å². The van der Waals surface area contributed by atoms with Crippen LogP contribution in [-0.2, 0) is 15.9 Å². The molecule has 0 heterocycles. The summed E-state index contributed by atoms with van der Waals surface area (Å²) in [5, 5.41) is 0. The first-order chi connectivity index (χ1) is 9.27. The predicted octanol–water partition coefficient (Wildman–Crippen LogP) is 3.15. The highest BCUT2D eigenvalue weighted by Crippen LogP contribution is 2.38. The van der Waals surface area contributed by atoms with Crippen LogP contribution in [0.1, 0.15) is 24.5 Å². The van der Waals surface area contributed by atoms with Crippen LogP contribution in [0.4, 0.5) is 4.39 Å². The first kappa shape index (κ1) is 15.7. The minimum absolute atomic E-state index is 0.0423. The second-order valence-electron chi connectivity index (χ2n) is 5.61. The summed E-state index contributed by atoms with van der Waals surface area (Å²) in [4.78, 5) is 0.114. The van der Waals surface area contributed by atoms with E-state index >= 15 is 0 Å². The van der Waals surface area contributed by atoms with Gasteiger partial charge in [0.25, 0.3) is 0 Å². The van der Waals surface area contributed by atoms with E-state index in [2.05, 4.69) is 6.92 Å². The van der Waals surface area contributed by atoms with E-state index in [9.17, 15) is 12.8 Å². The molecule has 0 radical (unpaired) electrons. The maximum atomic E-state index is 13.7. The van der Waals surface area contributed by atoms with Crippen LogP contribution in [0.5, 0.6) is 0 Å². The molecule has 2 unspecified atom stereocenters. The van der Waals surface area contributed by atoms with Crippen LogP contribution in [0.2, 0.25) is 0 Å². The molecule has 1 aromatic rings. The number of sulfonamides is 1. The van der Waals surface area contributed by atoms with Crippen molar-refractivity contribution in [3.63, 3.8) is 0 Å². The lowest BCUT2D eigenvalue weighted by molar-refractivity contribution is 0.444. The molecule has 0 spiro atoms. The highest BCUT2D eigenvalue weighted by Gasteiger charge is 2.36. The molecule has 1 aliphatic carbocycles. The summed E-state index contributed by atoms with van der Waals surface area (Å²) in [6.45, 7) is 4.17. The maximum absolute atomic E-state index is 13.7. The van der Waals surface area contributed by atoms with Gasteiger partial charge in [0.05, 0.1) is 10.8 Å². The average molecular weight is 320 g/mol. The van der Waals surface area contributed by atoms with Crippen LogP contribution in [0.3, 0.4) is 0 Å². The highest BCUT2D eigenvalue weighted by molar-refractivity contribution is 7.89. The summed E-state index contributed by atoms with van der Waals surface area (Å²) in [7, 11) is -2.01. The van der Waals surface area contributed by atoms with Gasteiger partial charge >= 0.3 is 0 Å². The van der Waals surface area contributed by atoms with E-state index in [0.29, 0.717) is 23.9 Å². The van der Waals surface area contributed by atoms with E-state index < -0.39 is 15.8 Å². The number of rotatable bonds is 5. The molecule has 1 aromatic carbocycles. The lowest BCUT2D eigenvalue weighted by Crippen LogP contribution is -2.29. The van der Waals surface area contributed by atoms with Gasteiger partial charge in [0, 0.05) is 19.2 Å². The van der Waals surface area contributed by atoms with Crippen LogP contribution in [0, 0.1) is 24.6 Å². The molecule has 0 amide bonds. The smallest absolute Gasteiger partial charge is 0.207 e. The van der Waals surface area contributed by atoms with Crippen molar-refractivity contribution < 1.29 is 12.8 Å². The zero-order valence-corrected chi connectivity index (χ0v) is 13.4. The summed E-state index contributed by atoms with van der Waals surface area (Å²) in [6, 6.07) is 2.70. The van der Waals surface area contributed by atoms with Gasteiger partial charge in [0.1, 0.15) is 5.82 Å². The second kappa shape index (κ2) is 5.62. The third-order valence-corrected chi connectivity index (χ3v) is 6.01. The Morgan fingerprint density at radius 2 is 2.05 bits per heavy atom. The first-order valence-electron chi connectivity index (χ1n) is 6.58. The van der Waals surface area contributed by atoms with Crippen molar-refractivity contribution in [1.29, 1.82) is 0 Å². The van der Waals surface area contributed by atoms with Gasteiger partial charge in [-0.15, -0.1) is 11.6 Å². The van der Waals surface area contributed by atoms with Crippen LogP contribution in [0.25, 0.3) is 0 Å². The van der Waals surface area contributed by atoms with Gasteiger partial charge in [-0.25, -0.2) is 17.1 Å². The largest absolute Gasteiger partial charge is 0.242 e. The topological polar surface area (TPSA) is 37.4 Å². The van der Waals surface area contributed by atoms with E-state index in [1.54, 1.807) is 14.0 Å². The first-order valence-corrected chi connectivity index (χ1v) is 8.56. The number of halogens is 2. The molecule has 1 aliphatic rings. The summed E-state index contributed by atoms with van der Waals surface area (Å²) in [6.07, 6.45) is 1.06. The van der Waals surface area contributed by atoms with Crippen LogP contribution >= 0.6 is 11.6 Å². The van der Waals surface area contributed by atoms with Gasteiger partial charge in [-0.3, -0.25) is 0 Å². The Bertz CT molecular complexity index is 618. The quantitative estimate of drug-likeness (QED) is 0.782. The number of hydrogen-bond acceptors (Lipinski definition) is 2. The van der Waals surface area contributed by atoms with Crippen molar-refractivity contribution in [2.75, 3.05) is 13.6 Å². The molecule has 6 heteroatoms. The molecule has 2 rings (SSSR count). The van der Waals surface area contributed by atoms with Crippen molar-refractivity contribution >= 4 is 21.6 Å². The van der Waals surface area contributed by atoms with E-state index in [1.165, 1.54) is 16.4 Å². The Kier molecular flexibility index (Phi) is 4.42. The molecule has 0 saturated heterocycles. The molecule has 112 valence electrons. The Morgan fingerprint density at radius 1 is 1.45 bits per heavy atom. The fourth-order valence-corrected chi connectivity index (χ4v) is 3.87.